The third-order valence-electron chi connectivity index (χ3n) is 0. The van der Waals surface area contributed by atoms with E-state index in [1.807, 2.05) is 0 Å². The fourth-order valence-corrected chi connectivity index (χ4v) is 0. The van der Waals surface area contributed by atoms with Crippen LogP contribution in [-0.4, -0.2) is 8.32 Å². The summed E-state index contributed by atoms with van der Waals surface area (Å²) in [6.45, 7) is 0. The van der Waals surface area contributed by atoms with E-state index in [2.05, 4.69) is 0 Å². The topological polar surface area (TPSA) is 74.6 Å². The predicted molar refractivity (Wildman–Crippen MR) is 6.92 cm³/mol. The molecule has 0 aromatic heterocycles. The van der Waals surface area contributed by atoms with Crippen molar-refractivity contribution < 1.29 is 106 Å². The van der Waals surface area contributed by atoms with Gasteiger partial charge in [-0.25, -0.2) is 0 Å². The Hall–Kier alpha value is 2.35. The predicted octanol–water partition coefficient (Wildman–Crippen LogP) is -4.24. The second-order valence-corrected chi connectivity index (χ2v) is 1.85. The van der Waals surface area contributed by atoms with Gasteiger partial charge >= 0.3 is 87.7 Å². The Morgan fingerprint density at radius 1 is 1.29 bits per heavy atom. The maximum absolute atomic E-state index is 8.82. The Labute approximate surface area is 103 Å². The van der Waals surface area contributed by atoms with Crippen molar-refractivity contribution in [3.8, 4) is 0 Å². The molecular formula is H3CrNiO4Rb. The number of hydrogen-bond acceptors (Lipinski definition) is 2. The quantitative estimate of drug-likeness (QED) is 0.434. The molecule has 44 valence electrons. The Morgan fingerprint density at radius 2 is 1.29 bits per heavy atom. The van der Waals surface area contributed by atoms with Crippen molar-refractivity contribution in [1.29, 1.82) is 0 Å². The van der Waals surface area contributed by atoms with Crippen molar-refractivity contribution in [2.45, 2.75) is 0 Å². The molecule has 0 amide bonds. The molecule has 0 unspecified atom stereocenters. The van der Waals surface area contributed by atoms with E-state index in [4.69, 9.17) is 15.9 Å². The smallest absolute Gasteiger partial charge is 1.00 e. The second kappa shape index (κ2) is 6.47. The molecule has 0 bridgehead atoms. The standard InChI is InChI=1S/Cr.Ni.2H2O.2O.Rb.H/h;;2*1H2;;;;/q+2;;;;;;+1;-1/p-2. The summed E-state index contributed by atoms with van der Waals surface area (Å²) in [6, 6.07) is 0. The first kappa shape index (κ1) is 16.2. The van der Waals surface area contributed by atoms with Gasteiger partial charge in [-0.3, -0.25) is 0 Å². The van der Waals surface area contributed by atoms with Gasteiger partial charge in [0.05, 0.1) is 0 Å². The fraction of sp³-hybridized carbons (Fsp3) is 0. The van der Waals surface area contributed by atoms with E-state index in [0.717, 1.165) is 0 Å². The molecule has 0 rings (SSSR count). The molecule has 7 heavy (non-hydrogen) atoms. The van der Waals surface area contributed by atoms with Crippen molar-refractivity contribution in [2.75, 3.05) is 0 Å². The number of hydrogen-bond donors (Lipinski definition) is 2. The second-order valence-electron chi connectivity index (χ2n) is 0.448. The van der Waals surface area contributed by atoms with E-state index in [1.165, 1.54) is 0 Å². The first-order valence-corrected chi connectivity index (χ1v) is 2.88. The SMILES string of the molecule is [H-].[Ni].[O]=[Cr](=[O])([OH])[OH].[Rb+]. The van der Waals surface area contributed by atoms with Gasteiger partial charge in [0.1, 0.15) is 0 Å². The van der Waals surface area contributed by atoms with Crippen LogP contribution in [0.3, 0.4) is 0 Å². The normalized spacial score (nSPS) is 8.29. The molecule has 0 spiro atoms. The Kier molecular flexibility index (Phi) is 14.9. The molecule has 0 aromatic rings. The van der Waals surface area contributed by atoms with E-state index in [1.54, 1.807) is 0 Å². The molecule has 0 aliphatic rings. The van der Waals surface area contributed by atoms with E-state index in [-0.39, 0.29) is 76.1 Å². The maximum Gasteiger partial charge on any atom is 1.00 e. The average Bonchev–Trinajstić information content (AvgIpc) is 0.722. The summed E-state index contributed by atoms with van der Waals surface area (Å²) in [4.78, 5) is 0. The molecule has 0 radical (unpaired) electrons. The summed E-state index contributed by atoms with van der Waals surface area (Å²) in [5.74, 6) is 0. The van der Waals surface area contributed by atoms with Gasteiger partial charge in [-0.1, -0.05) is 0 Å². The molecule has 7 heteroatoms. The first-order chi connectivity index (χ1) is 2.00. The Morgan fingerprint density at radius 3 is 1.29 bits per heavy atom. The summed E-state index contributed by atoms with van der Waals surface area (Å²) in [6.07, 6.45) is 0. The van der Waals surface area contributed by atoms with Crippen LogP contribution in [0.15, 0.2) is 0 Å². The van der Waals surface area contributed by atoms with E-state index in [9.17, 15) is 0 Å². The van der Waals surface area contributed by atoms with Gasteiger partial charge in [-0.15, -0.1) is 0 Å². The van der Waals surface area contributed by atoms with Crippen molar-refractivity contribution in [1.82, 2.24) is 0 Å². The largest absolute Gasteiger partial charge is 1.00 e. The van der Waals surface area contributed by atoms with Gasteiger partial charge in [-0.2, -0.15) is 0 Å². The zero-order valence-electron chi connectivity index (χ0n) is 4.44. The van der Waals surface area contributed by atoms with Crippen molar-refractivity contribution in [3.05, 3.63) is 0 Å². The van der Waals surface area contributed by atoms with Crippen molar-refractivity contribution in [2.24, 2.45) is 0 Å². The molecule has 0 heterocycles. The molecule has 0 aromatic carbocycles. The van der Waals surface area contributed by atoms with Gasteiger partial charge in [-0.05, 0) is 0 Å². The van der Waals surface area contributed by atoms with Crippen LogP contribution < -0.4 is 58.2 Å². The number of rotatable bonds is 0. The van der Waals surface area contributed by atoms with Crippen LogP contribution >= 0.6 is 0 Å². The van der Waals surface area contributed by atoms with Gasteiger partial charge in [0.25, 0.3) is 0 Å². The summed E-state index contributed by atoms with van der Waals surface area (Å²) < 4.78 is 31.9. The molecule has 0 fully saturated rings. The molecule has 2 N–H and O–H groups in total. The molecule has 0 saturated carbocycles. The summed E-state index contributed by atoms with van der Waals surface area (Å²) in [5, 5.41) is 0. The minimum Gasteiger partial charge on any atom is 1.00 e. The fourth-order valence-electron chi connectivity index (χ4n) is 0. The zero-order chi connectivity index (χ0) is 4.50. The molecule has 0 aliphatic heterocycles. The van der Waals surface area contributed by atoms with Gasteiger partial charge < -0.3 is 1.43 Å². The third kappa shape index (κ3) is 60.9. The van der Waals surface area contributed by atoms with Gasteiger partial charge in [0.2, 0.25) is 0 Å². The molecule has 0 saturated heterocycles. The van der Waals surface area contributed by atoms with Crippen LogP contribution in [0.5, 0.6) is 0 Å². The minimum atomic E-state index is -5.25. The van der Waals surface area contributed by atoms with Crippen LogP contribution in [0.4, 0.5) is 0 Å². The first-order valence-electron chi connectivity index (χ1n) is 0.698. The van der Waals surface area contributed by atoms with Crippen molar-refractivity contribution >= 4 is 0 Å². The monoisotopic (exact) mass is 262 g/mol. The molecular weight excluding hydrogens is 260 g/mol. The van der Waals surface area contributed by atoms with Gasteiger partial charge in [0, 0.05) is 16.5 Å². The van der Waals surface area contributed by atoms with Crippen LogP contribution in [0.2, 0.25) is 0 Å². The molecule has 0 aliphatic carbocycles. The van der Waals surface area contributed by atoms with Crippen LogP contribution in [0.25, 0.3) is 0 Å². The summed E-state index contributed by atoms with van der Waals surface area (Å²) in [5.41, 5.74) is 0. The van der Waals surface area contributed by atoms with Gasteiger partial charge in [0.15, 0.2) is 0 Å². The van der Waals surface area contributed by atoms with Crippen molar-refractivity contribution in [3.63, 3.8) is 0 Å². The van der Waals surface area contributed by atoms with E-state index < -0.39 is 13.6 Å². The summed E-state index contributed by atoms with van der Waals surface area (Å²) >= 11 is -5.25. The van der Waals surface area contributed by atoms with E-state index >= 15 is 0 Å². The Balaban J connectivity index is -0.0000000267. The molecule has 4 nitrogen and oxygen atoms in total. The van der Waals surface area contributed by atoms with Crippen LogP contribution in [0, 0.1) is 0 Å². The van der Waals surface area contributed by atoms with Crippen LogP contribution in [-0.2, 0) is 37.7 Å². The maximum atomic E-state index is 8.82. The molecule has 0 atom stereocenters. The van der Waals surface area contributed by atoms with E-state index in [0.29, 0.717) is 0 Å². The summed E-state index contributed by atoms with van der Waals surface area (Å²) in [7, 11) is 0. The Bertz CT molecular complexity index is 99.2. The zero-order valence-corrected chi connectivity index (χ0v) is 10.6. The third-order valence-corrected chi connectivity index (χ3v) is 0. The average molecular weight is 263 g/mol. The van der Waals surface area contributed by atoms with Crippen LogP contribution in [0.1, 0.15) is 1.43 Å². The minimum absolute atomic E-state index is 0.